The summed E-state index contributed by atoms with van der Waals surface area (Å²) in [4.78, 5) is 33.9. The Kier molecular flexibility index (Phi) is 8.06. The van der Waals surface area contributed by atoms with Crippen LogP contribution < -0.4 is 11.5 Å². The number of hydrogen-bond donors (Lipinski definition) is 3. The molecular formula is C9H6I3N2NaO4. The molecule has 0 radical (unpaired) electrons. The van der Waals surface area contributed by atoms with Crippen LogP contribution in [0.3, 0.4) is 0 Å². The molecule has 0 spiro atoms. The normalized spacial score (nSPS) is 9.63. The zero-order chi connectivity index (χ0) is 14.2. The molecule has 0 saturated carbocycles. The molecule has 0 fully saturated rings. The van der Waals surface area contributed by atoms with Gasteiger partial charge in [-0.1, -0.05) is 0 Å². The van der Waals surface area contributed by atoms with Gasteiger partial charge in [-0.2, -0.15) is 0 Å². The number of rotatable bonds is 3. The van der Waals surface area contributed by atoms with Crippen LogP contribution in [0.2, 0.25) is 0 Å². The fraction of sp³-hybridized carbons (Fsp3) is 0. The minimum atomic E-state index is -1.25. The van der Waals surface area contributed by atoms with Crippen molar-refractivity contribution in [1.29, 1.82) is 0 Å². The number of carbonyl (C=O) groups excluding carboxylic acids is 2. The van der Waals surface area contributed by atoms with Gasteiger partial charge in [0.1, 0.15) is 0 Å². The average molecular weight is 610 g/mol. The first-order valence-electron chi connectivity index (χ1n) is 4.23. The molecule has 5 N–H and O–H groups in total. The van der Waals surface area contributed by atoms with Crippen LogP contribution in [0.4, 0.5) is 0 Å². The molecule has 0 aliphatic rings. The molecule has 0 atom stereocenters. The van der Waals surface area contributed by atoms with Crippen molar-refractivity contribution in [3.8, 4) is 0 Å². The maximum absolute atomic E-state index is 11.4. The third-order valence-corrected chi connectivity index (χ3v) is 5.26. The summed E-state index contributed by atoms with van der Waals surface area (Å²) in [5.74, 6) is -2.85. The molecule has 0 unspecified atom stereocenters. The molecule has 1 rings (SSSR count). The second-order valence-corrected chi connectivity index (χ2v) is 6.34. The Balaban J connectivity index is 0.00000324. The SMILES string of the molecule is NC(=O)c1c(I)c(C(N)=O)c(I)c(C(=O)O)c1I.[NaH]. The van der Waals surface area contributed by atoms with Gasteiger partial charge in [0.25, 0.3) is 11.8 Å². The third kappa shape index (κ3) is 3.93. The van der Waals surface area contributed by atoms with E-state index in [0.29, 0.717) is 0 Å². The van der Waals surface area contributed by atoms with Crippen molar-refractivity contribution in [2.45, 2.75) is 0 Å². The van der Waals surface area contributed by atoms with Crippen molar-refractivity contribution in [3.63, 3.8) is 0 Å². The van der Waals surface area contributed by atoms with E-state index in [4.69, 9.17) is 16.6 Å². The van der Waals surface area contributed by atoms with E-state index in [1.807, 2.05) is 0 Å². The van der Waals surface area contributed by atoms with Gasteiger partial charge in [-0.15, -0.1) is 0 Å². The summed E-state index contributed by atoms with van der Waals surface area (Å²) in [6, 6.07) is 0. The fourth-order valence-electron chi connectivity index (χ4n) is 1.28. The summed E-state index contributed by atoms with van der Waals surface area (Å²) < 4.78 is 0.671. The van der Waals surface area contributed by atoms with E-state index in [1.165, 1.54) is 0 Å². The van der Waals surface area contributed by atoms with Crippen LogP contribution in [0.15, 0.2) is 0 Å². The number of aromatic carboxylic acids is 1. The number of primary amides is 2. The Morgan fingerprint density at radius 3 is 1.26 bits per heavy atom. The second-order valence-electron chi connectivity index (χ2n) is 3.10. The van der Waals surface area contributed by atoms with Gasteiger partial charge in [-0.05, 0) is 67.8 Å². The van der Waals surface area contributed by atoms with Gasteiger partial charge in [-0.3, -0.25) is 9.59 Å². The number of carbonyl (C=O) groups is 3. The van der Waals surface area contributed by atoms with Gasteiger partial charge in [0.2, 0.25) is 0 Å². The minimum absolute atomic E-state index is 0. The molecule has 0 heterocycles. The number of benzene rings is 1. The van der Waals surface area contributed by atoms with E-state index in [9.17, 15) is 14.4 Å². The quantitative estimate of drug-likeness (QED) is 0.346. The molecule has 0 aliphatic carbocycles. The van der Waals surface area contributed by atoms with E-state index in [2.05, 4.69) is 0 Å². The first kappa shape index (κ1) is 19.8. The molecule has 0 aromatic heterocycles. The van der Waals surface area contributed by atoms with Gasteiger partial charge in [0.05, 0.1) is 16.7 Å². The molecule has 98 valence electrons. The monoisotopic (exact) mass is 610 g/mol. The summed E-state index contributed by atoms with van der Waals surface area (Å²) >= 11 is 5.20. The van der Waals surface area contributed by atoms with E-state index in [0.717, 1.165) is 0 Å². The molecule has 0 bridgehead atoms. The Morgan fingerprint density at radius 2 is 1.05 bits per heavy atom. The number of carboxylic acid groups (broad SMARTS) is 1. The van der Waals surface area contributed by atoms with Gasteiger partial charge >= 0.3 is 35.5 Å². The number of carboxylic acids is 1. The topological polar surface area (TPSA) is 123 Å². The maximum atomic E-state index is 11.4. The molecule has 0 aliphatic heterocycles. The van der Waals surface area contributed by atoms with E-state index < -0.39 is 17.8 Å². The standard InChI is InChI=1S/C9H5I3N2O4.Na.H/c10-4-1(7(13)15)5(11)3(9(17)18)6(12)2(4)8(14)16;;/h(H2,13,15)(H2,14,16)(H,17,18);;. The average Bonchev–Trinajstić information content (AvgIpc) is 2.14. The van der Waals surface area contributed by atoms with Gasteiger partial charge < -0.3 is 16.6 Å². The third-order valence-electron chi connectivity index (χ3n) is 2.02. The summed E-state index contributed by atoms with van der Waals surface area (Å²) in [5, 5.41) is 9.13. The summed E-state index contributed by atoms with van der Waals surface area (Å²) in [6.45, 7) is 0. The Hall–Kier alpha value is 0.820. The molecule has 1 aromatic rings. The van der Waals surface area contributed by atoms with Crippen LogP contribution in [0.5, 0.6) is 0 Å². The molecule has 19 heavy (non-hydrogen) atoms. The van der Waals surface area contributed by atoms with E-state index in [1.54, 1.807) is 67.8 Å². The van der Waals surface area contributed by atoms with E-state index >= 15 is 0 Å². The molecular weight excluding hydrogens is 604 g/mol. The number of hydrogen-bond acceptors (Lipinski definition) is 3. The molecule has 2 amide bonds. The number of halogens is 3. The van der Waals surface area contributed by atoms with Crippen molar-refractivity contribution >= 4 is 115 Å². The van der Waals surface area contributed by atoms with Crippen molar-refractivity contribution in [1.82, 2.24) is 0 Å². The number of nitrogens with two attached hydrogens (primary N) is 2. The zero-order valence-electron chi connectivity index (χ0n) is 8.46. The van der Waals surface area contributed by atoms with Crippen molar-refractivity contribution in [3.05, 3.63) is 27.4 Å². The van der Waals surface area contributed by atoms with Gasteiger partial charge in [0, 0.05) is 10.7 Å². The summed E-state index contributed by atoms with van der Waals surface area (Å²) in [7, 11) is 0. The van der Waals surface area contributed by atoms with Crippen LogP contribution >= 0.6 is 67.8 Å². The summed E-state index contributed by atoms with van der Waals surface area (Å²) in [5.41, 5.74) is 10.3. The predicted octanol–water partition coefficient (Wildman–Crippen LogP) is 0.748. The van der Waals surface area contributed by atoms with Gasteiger partial charge in [-0.25, -0.2) is 4.79 Å². The Bertz CT molecular complexity index is 489. The second kappa shape index (κ2) is 7.72. The van der Waals surface area contributed by atoms with Crippen molar-refractivity contribution < 1.29 is 19.5 Å². The zero-order valence-corrected chi connectivity index (χ0v) is 14.9. The molecule has 0 saturated heterocycles. The van der Waals surface area contributed by atoms with Gasteiger partial charge in [0.15, 0.2) is 0 Å². The van der Waals surface area contributed by atoms with Crippen LogP contribution in [-0.4, -0.2) is 52.4 Å². The Morgan fingerprint density at radius 1 is 0.789 bits per heavy atom. The van der Waals surface area contributed by atoms with Crippen LogP contribution in [-0.2, 0) is 0 Å². The van der Waals surface area contributed by atoms with E-state index in [-0.39, 0.29) is 57.0 Å². The summed E-state index contributed by atoms with van der Waals surface area (Å²) in [6.07, 6.45) is 0. The predicted molar refractivity (Wildman–Crippen MR) is 95.7 cm³/mol. The van der Waals surface area contributed by atoms with Crippen LogP contribution in [0.25, 0.3) is 0 Å². The van der Waals surface area contributed by atoms with Crippen molar-refractivity contribution in [2.75, 3.05) is 0 Å². The first-order valence-corrected chi connectivity index (χ1v) is 7.47. The molecule has 1 aromatic carbocycles. The number of amides is 2. The molecule has 10 heteroatoms. The molecule has 6 nitrogen and oxygen atoms in total. The van der Waals surface area contributed by atoms with Crippen LogP contribution in [0.1, 0.15) is 31.1 Å². The van der Waals surface area contributed by atoms with Crippen LogP contribution in [0, 0.1) is 10.7 Å². The fourth-order valence-corrected chi connectivity index (χ4v) is 5.98. The Labute approximate surface area is 171 Å². The first-order chi connectivity index (χ1) is 8.20. The van der Waals surface area contributed by atoms with Crippen molar-refractivity contribution in [2.24, 2.45) is 11.5 Å².